The Bertz CT molecular complexity index is 1020. The zero-order valence-electron chi connectivity index (χ0n) is 14.2. The van der Waals surface area contributed by atoms with Crippen LogP contribution in [0.15, 0.2) is 59.4 Å². The summed E-state index contributed by atoms with van der Waals surface area (Å²) in [4.78, 5) is 10.8. The molecule has 3 nitrogen and oxygen atoms in total. The van der Waals surface area contributed by atoms with Gasteiger partial charge in [0.2, 0.25) is 0 Å². The van der Waals surface area contributed by atoms with Gasteiger partial charge < -0.3 is 24.8 Å². The Morgan fingerprint density at radius 2 is 1.70 bits per heavy atom. The van der Waals surface area contributed by atoms with E-state index in [0.717, 1.165) is 29.5 Å². The monoisotopic (exact) mass is 453 g/mol. The number of benzene rings is 2. The van der Waals surface area contributed by atoms with Gasteiger partial charge in [0.1, 0.15) is 0 Å². The van der Waals surface area contributed by atoms with E-state index in [2.05, 4.69) is 6.07 Å². The maximum absolute atomic E-state index is 13.2. The summed E-state index contributed by atoms with van der Waals surface area (Å²) in [6.45, 7) is 0. The van der Waals surface area contributed by atoms with Crippen LogP contribution in [0.3, 0.4) is 0 Å². The molecule has 2 aromatic carbocycles. The summed E-state index contributed by atoms with van der Waals surface area (Å²) in [6, 6.07) is 16.0. The maximum Gasteiger partial charge on any atom is -1.00 e. The van der Waals surface area contributed by atoms with E-state index in [0.29, 0.717) is 17.0 Å². The van der Waals surface area contributed by atoms with E-state index in [4.69, 9.17) is 4.52 Å². The SMILES string of the molecule is O=P(O)(OC1=C2CCC2c2ccccc21)C1=Cc2ccccc2[CH]1[Ti+2].[Cl-].[Cl-]. The van der Waals surface area contributed by atoms with Crippen LogP contribution in [0.5, 0.6) is 0 Å². The summed E-state index contributed by atoms with van der Waals surface area (Å²) in [6.07, 6.45) is 3.87. The average Bonchev–Trinajstić information content (AvgIpc) is 3.01. The van der Waals surface area contributed by atoms with Crippen molar-refractivity contribution in [3.8, 4) is 0 Å². The van der Waals surface area contributed by atoms with Crippen LogP contribution in [0, 0.1) is 0 Å². The van der Waals surface area contributed by atoms with Gasteiger partial charge in [0.05, 0.1) is 0 Å². The molecule has 0 amide bonds. The second kappa shape index (κ2) is 7.56. The van der Waals surface area contributed by atoms with E-state index in [1.165, 1.54) is 11.1 Å². The quantitative estimate of drug-likeness (QED) is 0.486. The largest absolute Gasteiger partial charge is 1.00 e. The molecule has 0 heterocycles. The third-order valence-corrected chi connectivity index (χ3v) is 8.26. The fourth-order valence-corrected chi connectivity index (χ4v) is 6.71. The van der Waals surface area contributed by atoms with Crippen LogP contribution in [-0.2, 0) is 29.5 Å². The number of allylic oxidation sites excluding steroid dienone is 2. The molecule has 137 valence electrons. The molecule has 27 heavy (non-hydrogen) atoms. The Morgan fingerprint density at radius 1 is 1.04 bits per heavy atom. The van der Waals surface area contributed by atoms with Crippen molar-refractivity contribution in [2.75, 3.05) is 0 Å². The fourth-order valence-electron chi connectivity index (χ4n) is 4.06. The van der Waals surface area contributed by atoms with Gasteiger partial charge in [-0.25, -0.2) is 0 Å². The molecule has 3 aliphatic carbocycles. The van der Waals surface area contributed by atoms with Crippen LogP contribution in [0.25, 0.3) is 11.8 Å². The molecule has 3 aliphatic rings. The first-order valence-electron chi connectivity index (χ1n) is 8.43. The zero-order chi connectivity index (χ0) is 17.2. The van der Waals surface area contributed by atoms with Gasteiger partial charge in [0.25, 0.3) is 0 Å². The summed E-state index contributed by atoms with van der Waals surface area (Å²) in [7, 11) is -3.91. The summed E-state index contributed by atoms with van der Waals surface area (Å²) in [5.74, 6) is 1.01. The summed E-state index contributed by atoms with van der Waals surface area (Å²) in [5, 5.41) is 0.488. The van der Waals surface area contributed by atoms with Gasteiger partial charge >= 0.3 is 159 Å². The zero-order valence-corrected chi connectivity index (χ0v) is 18.2. The number of halogens is 2. The Morgan fingerprint density at radius 3 is 2.37 bits per heavy atom. The molecule has 2 aromatic rings. The van der Waals surface area contributed by atoms with Crippen molar-refractivity contribution in [3.05, 3.63) is 81.7 Å². The van der Waals surface area contributed by atoms with E-state index in [1.54, 1.807) is 0 Å². The Hall–Kier alpha value is -0.796. The van der Waals surface area contributed by atoms with Gasteiger partial charge in [0, 0.05) is 0 Å². The third-order valence-electron chi connectivity index (χ3n) is 5.44. The first-order valence-corrected chi connectivity index (χ1v) is 10.9. The first kappa shape index (κ1) is 20.9. The molecule has 1 saturated carbocycles. The molecule has 0 bridgehead atoms. The van der Waals surface area contributed by atoms with Crippen molar-refractivity contribution in [1.29, 1.82) is 0 Å². The average molecular weight is 454 g/mol. The topological polar surface area (TPSA) is 46.5 Å². The van der Waals surface area contributed by atoms with Crippen LogP contribution >= 0.6 is 7.60 Å². The van der Waals surface area contributed by atoms with Gasteiger partial charge in [-0.3, -0.25) is 0 Å². The Balaban J connectivity index is 0.00000105. The van der Waals surface area contributed by atoms with E-state index in [-0.39, 0.29) is 29.0 Å². The minimum absolute atomic E-state index is 0. The van der Waals surface area contributed by atoms with Gasteiger partial charge in [0.15, 0.2) is 0 Å². The molecule has 3 unspecified atom stereocenters. The molecular weight excluding hydrogens is 438 g/mol. The molecule has 0 aliphatic heterocycles. The Kier molecular flexibility index (Phi) is 5.86. The number of fused-ring (bicyclic) bond motifs is 4. The minimum atomic E-state index is -3.91. The Labute approximate surface area is 182 Å². The van der Waals surface area contributed by atoms with Gasteiger partial charge in [-0.15, -0.1) is 0 Å². The van der Waals surface area contributed by atoms with Crippen molar-refractivity contribution < 1.29 is 59.2 Å². The molecule has 1 fully saturated rings. The predicted molar refractivity (Wildman–Crippen MR) is 93.4 cm³/mol. The van der Waals surface area contributed by atoms with Crippen LogP contribution in [-0.4, -0.2) is 4.89 Å². The summed E-state index contributed by atoms with van der Waals surface area (Å²) >= 11 is 1.97. The van der Waals surface area contributed by atoms with Crippen molar-refractivity contribution in [1.82, 2.24) is 0 Å². The van der Waals surface area contributed by atoms with Gasteiger partial charge in [-0.1, -0.05) is 0 Å². The standard InChI is InChI=1S/C20H16O3P.2ClH.Ti/c21-24(22,15-11-13-5-1-2-6-14(13)12-15)23-20-18-8-4-3-7-16(18)17-9-10-19(17)20;;;/h1-8,11-12,17H,9-10H2,(H,21,22);2*1H;/q;;;+2/p-2. The molecule has 0 saturated heterocycles. The fraction of sp³-hybridized carbons (Fsp3) is 0.200. The van der Waals surface area contributed by atoms with Crippen LogP contribution in [0.2, 0.25) is 0 Å². The minimum Gasteiger partial charge on any atom is -1.00 e. The van der Waals surface area contributed by atoms with E-state index in [1.807, 2.05) is 69.0 Å². The number of hydrogen-bond acceptors (Lipinski definition) is 2. The third kappa shape index (κ3) is 3.19. The van der Waals surface area contributed by atoms with Crippen LogP contribution < -0.4 is 24.8 Å². The summed E-state index contributed by atoms with van der Waals surface area (Å²) in [5.41, 5.74) is 5.49. The maximum atomic E-state index is 13.2. The normalized spacial score (nSPS) is 23.6. The number of hydrogen-bond donors (Lipinski definition) is 1. The molecular formula is C20H16Cl2O3PTi. The van der Waals surface area contributed by atoms with E-state index >= 15 is 0 Å². The predicted octanol–water partition coefficient (Wildman–Crippen LogP) is -0.859. The molecule has 0 aromatic heterocycles. The van der Waals surface area contributed by atoms with Gasteiger partial charge in [-0.2, -0.15) is 0 Å². The van der Waals surface area contributed by atoms with Crippen LogP contribution in [0.4, 0.5) is 0 Å². The molecule has 0 spiro atoms. The van der Waals surface area contributed by atoms with Crippen molar-refractivity contribution >= 4 is 19.4 Å². The molecule has 0 radical (unpaired) electrons. The van der Waals surface area contributed by atoms with Gasteiger partial charge in [-0.05, 0) is 0 Å². The molecule has 1 N–H and O–H groups in total. The molecule has 7 heteroatoms. The first-order chi connectivity index (χ1) is 12.1. The van der Waals surface area contributed by atoms with Crippen molar-refractivity contribution in [3.63, 3.8) is 0 Å². The van der Waals surface area contributed by atoms with E-state index in [9.17, 15) is 9.46 Å². The smallest absolute Gasteiger partial charge is 1.00 e. The van der Waals surface area contributed by atoms with Crippen LogP contribution in [0.1, 0.15) is 45.2 Å². The number of rotatable bonds is 3. The van der Waals surface area contributed by atoms with E-state index < -0.39 is 7.60 Å². The van der Waals surface area contributed by atoms with Crippen molar-refractivity contribution in [2.45, 2.75) is 23.0 Å². The second-order valence-corrected chi connectivity index (χ2v) is 9.42. The van der Waals surface area contributed by atoms with Crippen molar-refractivity contribution in [2.24, 2.45) is 0 Å². The molecule has 5 rings (SSSR count). The second-order valence-electron chi connectivity index (χ2n) is 6.78. The molecule has 3 atom stereocenters. The summed E-state index contributed by atoms with van der Waals surface area (Å²) < 4.78 is 18.9.